The Kier molecular flexibility index (Phi) is 4.39. The van der Waals surface area contributed by atoms with E-state index in [4.69, 9.17) is 5.73 Å². The summed E-state index contributed by atoms with van der Waals surface area (Å²) in [6.45, 7) is 7.47. The Morgan fingerprint density at radius 2 is 1.74 bits per heavy atom. The molecular weight excluding hydrogens is 290 g/mol. The molecule has 0 unspecified atom stereocenters. The van der Waals surface area contributed by atoms with E-state index in [2.05, 4.69) is 11.8 Å². The first kappa shape index (κ1) is 16.0. The average molecular weight is 315 g/mol. The second-order valence-corrected chi connectivity index (χ2v) is 6.88. The van der Waals surface area contributed by atoms with E-state index in [1.54, 1.807) is 0 Å². The molecule has 2 saturated heterocycles. The molecule has 2 fully saturated rings. The summed E-state index contributed by atoms with van der Waals surface area (Å²) in [6, 6.07) is 6.33. The predicted molar refractivity (Wildman–Crippen MR) is 89.1 cm³/mol. The molecule has 124 valence electrons. The van der Waals surface area contributed by atoms with Crippen molar-refractivity contribution in [3.05, 3.63) is 34.9 Å². The molecule has 23 heavy (non-hydrogen) atoms. The monoisotopic (exact) mass is 315 g/mol. The third kappa shape index (κ3) is 3.24. The molecule has 0 bridgehead atoms. The Labute approximate surface area is 137 Å². The molecule has 2 aliphatic heterocycles. The number of carbonyl (C=O) groups excluding carboxylic acids is 2. The van der Waals surface area contributed by atoms with E-state index >= 15 is 0 Å². The van der Waals surface area contributed by atoms with Crippen LogP contribution in [0.5, 0.6) is 0 Å². The van der Waals surface area contributed by atoms with Crippen LogP contribution in [0.1, 0.15) is 34.3 Å². The molecule has 1 aromatic rings. The van der Waals surface area contributed by atoms with E-state index in [0.717, 1.165) is 50.1 Å². The van der Waals surface area contributed by atoms with Crippen LogP contribution in [0.2, 0.25) is 0 Å². The Morgan fingerprint density at radius 1 is 1.09 bits per heavy atom. The minimum atomic E-state index is -0.176. The van der Waals surface area contributed by atoms with Crippen LogP contribution < -0.4 is 5.73 Å². The maximum absolute atomic E-state index is 12.5. The van der Waals surface area contributed by atoms with Gasteiger partial charge in [-0.15, -0.1) is 0 Å². The van der Waals surface area contributed by atoms with Crippen LogP contribution in [0.4, 0.5) is 0 Å². The lowest BCUT2D eigenvalue weighted by molar-refractivity contribution is -0.123. The number of likely N-dealkylation sites (tertiary alicyclic amines) is 2. The summed E-state index contributed by atoms with van der Waals surface area (Å²) < 4.78 is 0. The highest BCUT2D eigenvalue weighted by Crippen LogP contribution is 2.24. The molecule has 0 spiro atoms. The van der Waals surface area contributed by atoms with Crippen molar-refractivity contribution < 1.29 is 9.59 Å². The van der Waals surface area contributed by atoms with Gasteiger partial charge >= 0.3 is 0 Å². The molecule has 0 aromatic heterocycles. The van der Waals surface area contributed by atoms with Gasteiger partial charge in [0, 0.05) is 30.6 Å². The van der Waals surface area contributed by atoms with Crippen molar-refractivity contribution in [2.45, 2.75) is 32.7 Å². The van der Waals surface area contributed by atoms with Crippen LogP contribution >= 0.6 is 0 Å². The van der Waals surface area contributed by atoms with Gasteiger partial charge in [0.25, 0.3) is 5.91 Å². The number of nitrogens with zero attached hydrogens (tertiary/aromatic N) is 2. The van der Waals surface area contributed by atoms with Crippen molar-refractivity contribution >= 4 is 11.8 Å². The smallest absolute Gasteiger partial charge is 0.253 e. The summed E-state index contributed by atoms with van der Waals surface area (Å²) >= 11 is 0. The van der Waals surface area contributed by atoms with E-state index < -0.39 is 0 Å². The number of rotatable bonds is 3. The molecular formula is C18H25N3O2. The number of hydrogen-bond acceptors (Lipinski definition) is 3. The Hall–Kier alpha value is -1.88. The highest BCUT2D eigenvalue weighted by molar-refractivity contribution is 5.95. The number of benzene rings is 1. The van der Waals surface area contributed by atoms with Gasteiger partial charge in [-0.2, -0.15) is 0 Å². The summed E-state index contributed by atoms with van der Waals surface area (Å²) in [5.41, 5.74) is 8.51. The highest BCUT2D eigenvalue weighted by Gasteiger charge is 2.37. The molecule has 2 heterocycles. The van der Waals surface area contributed by atoms with E-state index in [9.17, 15) is 9.59 Å². The van der Waals surface area contributed by atoms with Gasteiger partial charge in [-0.25, -0.2) is 0 Å². The minimum absolute atomic E-state index is 0.0274. The number of carbonyl (C=O) groups is 2. The first-order chi connectivity index (χ1) is 11.0. The standard InChI is InChI=1S/C18H25N3O2/c1-12-3-4-15(9-13(12)2)18(23)21-10-16(11-21)20-7-5-14(6-8-20)17(19)22/h3-4,9,14,16H,5-8,10-11H2,1-2H3,(H2,19,22). The van der Waals surface area contributed by atoms with Crippen LogP contribution in [0.25, 0.3) is 0 Å². The molecule has 0 aliphatic carbocycles. The zero-order chi connectivity index (χ0) is 16.6. The molecule has 5 heteroatoms. The molecule has 0 radical (unpaired) electrons. The molecule has 2 N–H and O–H groups in total. The molecule has 5 nitrogen and oxygen atoms in total. The van der Waals surface area contributed by atoms with Crippen LogP contribution in [-0.4, -0.2) is 53.8 Å². The normalized spacial score (nSPS) is 20.3. The summed E-state index contributed by atoms with van der Waals surface area (Å²) in [7, 11) is 0. The van der Waals surface area contributed by atoms with Gasteiger partial charge in [0.1, 0.15) is 0 Å². The van der Waals surface area contributed by atoms with Gasteiger partial charge < -0.3 is 10.6 Å². The average Bonchev–Trinajstić information content (AvgIpc) is 2.49. The number of nitrogens with two attached hydrogens (primary N) is 1. The van der Waals surface area contributed by atoms with Gasteiger partial charge in [-0.3, -0.25) is 14.5 Å². The van der Waals surface area contributed by atoms with Gasteiger partial charge in [0.15, 0.2) is 0 Å². The first-order valence-electron chi connectivity index (χ1n) is 8.35. The summed E-state index contributed by atoms with van der Waals surface area (Å²) in [4.78, 5) is 28.0. The number of hydrogen-bond donors (Lipinski definition) is 1. The number of amides is 2. The van der Waals surface area contributed by atoms with Crippen molar-refractivity contribution in [1.29, 1.82) is 0 Å². The zero-order valence-electron chi connectivity index (χ0n) is 13.9. The van der Waals surface area contributed by atoms with Crippen molar-refractivity contribution in [2.24, 2.45) is 11.7 Å². The second-order valence-electron chi connectivity index (χ2n) is 6.88. The highest BCUT2D eigenvalue weighted by atomic mass is 16.2. The summed E-state index contributed by atoms with van der Waals surface area (Å²) in [5, 5.41) is 0. The minimum Gasteiger partial charge on any atom is -0.369 e. The zero-order valence-corrected chi connectivity index (χ0v) is 13.9. The number of piperidine rings is 1. The van der Waals surface area contributed by atoms with E-state index in [0.29, 0.717) is 6.04 Å². The van der Waals surface area contributed by atoms with Gasteiger partial charge in [0.05, 0.1) is 0 Å². The summed E-state index contributed by atoms with van der Waals surface area (Å²) in [5.74, 6) is -0.0271. The third-order valence-electron chi connectivity index (χ3n) is 5.35. The van der Waals surface area contributed by atoms with Crippen LogP contribution in [0.3, 0.4) is 0 Å². The Morgan fingerprint density at radius 3 is 2.30 bits per heavy atom. The fourth-order valence-electron chi connectivity index (χ4n) is 3.46. The van der Waals surface area contributed by atoms with Crippen LogP contribution in [-0.2, 0) is 4.79 Å². The lowest BCUT2D eigenvalue weighted by Crippen LogP contribution is -2.62. The van der Waals surface area contributed by atoms with Crippen molar-refractivity contribution in [3.63, 3.8) is 0 Å². The first-order valence-corrected chi connectivity index (χ1v) is 8.35. The molecule has 0 saturated carbocycles. The van der Waals surface area contributed by atoms with Crippen molar-refractivity contribution in [3.8, 4) is 0 Å². The van der Waals surface area contributed by atoms with Crippen molar-refractivity contribution in [1.82, 2.24) is 9.80 Å². The summed E-state index contributed by atoms with van der Waals surface area (Å²) in [6.07, 6.45) is 1.69. The fourth-order valence-corrected chi connectivity index (χ4v) is 3.46. The second kappa shape index (κ2) is 6.32. The van der Waals surface area contributed by atoms with E-state index in [1.807, 2.05) is 30.0 Å². The lowest BCUT2D eigenvalue weighted by Gasteiger charge is -2.47. The quantitative estimate of drug-likeness (QED) is 0.915. The molecule has 1 aromatic carbocycles. The van der Waals surface area contributed by atoms with Crippen LogP contribution in [0, 0.1) is 19.8 Å². The molecule has 2 amide bonds. The fraction of sp³-hybridized carbons (Fsp3) is 0.556. The number of primary amides is 1. The van der Waals surface area contributed by atoms with Gasteiger partial charge in [0.2, 0.25) is 5.91 Å². The predicted octanol–water partition coefficient (Wildman–Crippen LogP) is 1.33. The van der Waals surface area contributed by atoms with E-state index in [-0.39, 0.29) is 17.7 Å². The number of aryl methyl sites for hydroxylation is 2. The third-order valence-corrected chi connectivity index (χ3v) is 5.35. The largest absolute Gasteiger partial charge is 0.369 e. The molecule has 2 aliphatic rings. The van der Waals surface area contributed by atoms with Gasteiger partial charge in [-0.1, -0.05) is 6.07 Å². The Bertz CT molecular complexity index is 615. The maximum Gasteiger partial charge on any atom is 0.253 e. The lowest BCUT2D eigenvalue weighted by atomic mass is 9.93. The van der Waals surface area contributed by atoms with Crippen molar-refractivity contribution in [2.75, 3.05) is 26.2 Å². The Balaban J connectivity index is 1.52. The SMILES string of the molecule is Cc1ccc(C(=O)N2CC(N3CCC(C(N)=O)CC3)C2)cc1C. The topological polar surface area (TPSA) is 66.6 Å². The van der Waals surface area contributed by atoms with Gasteiger partial charge in [-0.05, 0) is 63.0 Å². The van der Waals surface area contributed by atoms with E-state index in [1.165, 1.54) is 5.56 Å². The molecule has 0 atom stereocenters. The molecule has 3 rings (SSSR count). The van der Waals surface area contributed by atoms with Crippen LogP contribution in [0.15, 0.2) is 18.2 Å². The maximum atomic E-state index is 12.5.